The molecule has 0 atom stereocenters. The topological polar surface area (TPSA) is 63.2 Å². The SMILES string of the molecule is CCOC(=O)Nc1ccc(N(C)C(C)=NOC)cc1.Cl. The smallest absolute Gasteiger partial charge is 0.411 e. The summed E-state index contributed by atoms with van der Waals surface area (Å²) in [5, 5.41) is 6.48. The summed E-state index contributed by atoms with van der Waals surface area (Å²) in [5.74, 6) is 0.730. The maximum Gasteiger partial charge on any atom is 0.411 e. The van der Waals surface area contributed by atoms with Crippen molar-refractivity contribution in [2.75, 3.05) is 31.0 Å². The number of carbonyl (C=O) groups excluding carboxylic acids is 1. The molecule has 7 heteroatoms. The van der Waals surface area contributed by atoms with Crippen molar-refractivity contribution < 1.29 is 14.4 Å². The summed E-state index contributed by atoms with van der Waals surface area (Å²) in [5.41, 5.74) is 1.62. The molecule has 0 spiro atoms. The lowest BCUT2D eigenvalue weighted by Crippen LogP contribution is -2.23. The van der Waals surface area contributed by atoms with E-state index in [1.165, 1.54) is 7.11 Å². The van der Waals surface area contributed by atoms with Crippen molar-refractivity contribution in [3.63, 3.8) is 0 Å². The molecule has 0 aliphatic heterocycles. The highest BCUT2D eigenvalue weighted by atomic mass is 35.5. The number of anilines is 2. The van der Waals surface area contributed by atoms with E-state index < -0.39 is 6.09 Å². The Labute approximate surface area is 125 Å². The summed E-state index contributed by atoms with van der Waals surface area (Å²) >= 11 is 0. The van der Waals surface area contributed by atoms with Gasteiger partial charge in [0.25, 0.3) is 0 Å². The van der Waals surface area contributed by atoms with Gasteiger partial charge in [-0.3, -0.25) is 5.32 Å². The van der Waals surface area contributed by atoms with Crippen LogP contribution in [0.3, 0.4) is 0 Å². The monoisotopic (exact) mass is 301 g/mol. The Kier molecular flexibility index (Phi) is 8.15. The number of halogens is 1. The van der Waals surface area contributed by atoms with Crippen molar-refractivity contribution in [1.82, 2.24) is 0 Å². The Bertz CT molecular complexity index is 449. The second kappa shape index (κ2) is 9.03. The number of carbonyl (C=O) groups is 1. The van der Waals surface area contributed by atoms with Gasteiger partial charge in [-0.25, -0.2) is 4.79 Å². The minimum absolute atomic E-state index is 0. The molecule has 6 nitrogen and oxygen atoms in total. The Morgan fingerprint density at radius 1 is 1.35 bits per heavy atom. The highest BCUT2D eigenvalue weighted by Gasteiger charge is 2.06. The molecule has 20 heavy (non-hydrogen) atoms. The van der Waals surface area contributed by atoms with Gasteiger partial charge in [-0.2, -0.15) is 0 Å². The summed E-state index contributed by atoms with van der Waals surface area (Å²) in [6.45, 7) is 3.95. The molecule has 0 aliphatic rings. The van der Waals surface area contributed by atoms with Crippen molar-refractivity contribution in [2.24, 2.45) is 5.16 Å². The summed E-state index contributed by atoms with van der Waals surface area (Å²) in [6, 6.07) is 7.33. The van der Waals surface area contributed by atoms with Gasteiger partial charge in [0, 0.05) is 18.4 Å². The van der Waals surface area contributed by atoms with Crippen molar-refractivity contribution >= 4 is 35.7 Å². The highest BCUT2D eigenvalue weighted by molar-refractivity contribution is 5.95. The first-order chi connectivity index (χ1) is 9.08. The number of oxime groups is 1. The molecule has 1 rings (SSSR count). The number of nitrogens with one attached hydrogen (secondary N) is 1. The van der Waals surface area contributed by atoms with Crippen LogP contribution in [0.1, 0.15) is 13.8 Å². The van der Waals surface area contributed by atoms with Crippen molar-refractivity contribution in [3.05, 3.63) is 24.3 Å². The average Bonchev–Trinajstić information content (AvgIpc) is 2.39. The van der Waals surface area contributed by atoms with Crippen LogP contribution in [0.5, 0.6) is 0 Å². The Hall–Kier alpha value is -1.95. The number of benzene rings is 1. The van der Waals surface area contributed by atoms with Crippen molar-refractivity contribution in [1.29, 1.82) is 0 Å². The van der Waals surface area contributed by atoms with E-state index in [-0.39, 0.29) is 12.4 Å². The van der Waals surface area contributed by atoms with E-state index in [2.05, 4.69) is 10.5 Å². The fraction of sp³-hybridized carbons (Fsp3) is 0.385. The van der Waals surface area contributed by atoms with Gasteiger partial charge in [-0.05, 0) is 38.1 Å². The van der Waals surface area contributed by atoms with E-state index >= 15 is 0 Å². The molecule has 0 aliphatic carbocycles. The van der Waals surface area contributed by atoms with Gasteiger partial charge in [-0.1, -0.05) is 5.16 Å². The molecule has 0 bridgehead atoms. The van der Waals surface area contributed by atoms with Gasteiger partial charge in [0.05, 0.1) is 6.61 Å². The zero-order valence-electron chi connectivity index (χ0n) is 12.0. The number of ether oxygens (including phenoxy) is 1. The maximum atomic E-state index is 11.2. The normalized spacial score (nSPS) is 10.3. The van der Waals surface area contributed by atoms with Crippen LogP contribution in [0.15, 0.2) is 29.4 Å². The second-order valence-corrected chi connectivity index (χ2v) is 3.77. The molecule has 0 fully saturated rings. The fourth-order valence-electron chi connectivity index (χ4n) is 1.43. The number of hydrogen-bond acceptors (Lipinski definition) is 4. The number of rotatable bonds is 4. The van der Waals surface area contributed by atoms with E-state index in [1.807, 2.05) is 31.0 Å². The van der Waals surface area contributed by atoms with Crippen LogP contribution in [-0.4, -0.2) is 32.7 Å². The lowest BCUT2D eigenvalue weighted by atomic mass is 10.2. The minimum Gasteiger partial charge on any atom is -0.450 e. The predicted molar refractivity (Wildman–Crippen MR) is 82.9 cm³/mol. The van der Waals surface area contributed by atoms with E-state index in [1.54, 1.807) is 19.1 Å². The van der Waals surface area contributed by atoms with Gasteiger partial charge in [-0.15, -0.1) is 12.4 Å². The molecule has 0 heterocycles. The van der Waals surface area contributed by atoms with Crippen molar-refractivity contribution in [3.8, 4) is 0 Å². The largest absolute Gasteiger partial charge is 0.450 e. The summed E-state index contributed by atoms with van der Waals surface area (Å²) in [4.78, 5) is 17.8. The van der Waals surface area contributed by atoms with Crippen LogP contribution in [-0.2, 0) is 9.57 Å². The van der Waals surface area contributed by atoms with Crippen LogP contribution >= 0.6 is 12.4 Å². The first-order valence-corrected chi connectivity index (χ1v) is 5.93. The molecular formula is C13H20ClN3O3. The molecular weight excluding hydrogens is 282 g/mol. The molecule has 0 aromatic heterocycles. The zero-order chi connectivity index (χ0) is 14.3. The van der Waals surface area contributed by atoms with Gasteiger partial charge in [0.1, 0.15) is 12.9 Å². The number of amidine groups is 1. The van der Waals surface area contributed by atoms with E-state index in [4.69, 9.17) is 9.57 Å². The summed E-state index contributed by atoms with van der Waals surface area (Å²) in [7, 11) is 3.38. The summed E-state index contributed by atoms with van der Waals surface area (Å²) < 4.78 is 4.80. The van der Waals surface area contributed by atoms with Gasteiger partial charge in [0.15, 0.2) is 0 Å². The summed E-state index contributed by atoms with van der Waals surface area (Å²) in [6.07, 6.45) is -0.458. The Morgan fingerprint density at radius 2 is 1.95 bits per heavy atom. The fourth-order valence-corrected chi connectivity index (χ4v) is 1.43. The van der Waals surface area contributed by atoms with Gasteiger partial charge < -0.3 is 14.5 Å². The average molecular weight is 302 g/mol. The van der Waals surface area contributed by atoms with Crippen LogP contribution in [0, 0.1) is 0 Å². The standard InChI is InChI=1S/C13H19N3O3.ClH/c1-5-19-13(17)14-11-6-8-12(9-7-11)16(3)10(2)15-18-4;/h6-9H,5H2,1-4H3,(H,14,17);1H. The van der Waals surface area contributed by atoms with Crippen LogP contribution in [0.2, 0.25) is 0 Å². The molecule has 1 amide bonds. The molecule has 0 radical (unpaired) electrons. The zero-order valence-corrected chi connectivity index (χ0v) is 12.9. The first-order valence-electron chi connectivity index (χ1n) is 5.93. The van der Waals surface area contributed by atoms with E-state index in [9.17, 15) is 4.79 Å². The molecule has 0 unspecified atom stereocenters. The van der Waals surface area contributed by atoms with Crippen molar-refractivity contribution in [2.45, 2.75) is 13.8 Å². The van der Waals surface area contributed by atoms with Gasteiger partial charge >= 0.3 is 6.09 Å². The highest BCUT2D eigenvalue weighted by Crippen LogP contribution is 2.17. The van der Waals surface area contributed by atoms with Crippen LogP contribution < -0.4 is 10.2 Å². The maximum absolute atomic E-state index is 11.2. The number of amides is 1. The molecule has 1 N–H and O–H groups in total. The molecule has 1 aromatic carbocycles. The Morgan fingerprint density at radius 3 is 2.45 bits per heavy atom. The lowest BCUT2D eigenvalue weighted by molar-refractivity contribution is 0.168. The van der Waals surface area contributed by atoms with Crippen LogP contribution in [0.25, 0.3) is 0 Å². The number of nitrogens with zero attached hydrogens (tertiary/aromatic N) is 2. The third-order valence-electron chi connectivity index (χ3n) is 2.49. The minimum atomic E-state index is -0.458. The first kappa shape index (κ1) is 18.0. The van der Waals surface area contributed by atoms with E-state index in [0.717, 1.165) is 11.5 Å². The Balaban J connectivity index is 0.00000361. The lowest BCUT2D eigenvalue weighted by Gasteiger charge is -2.18. The predicted octanol–water partition coefficient (Wildman–Crippen LogP) is 3.09. The third kappa shape index (κ3) is 5.36. The second-order valence-electron chi connectivity index (χ2n) is 3.77. The van der Waals surface area contributed by atoms with Crippen LogP contribution in [0.4, 0.5) is 16.2 Å². The third-order valence-corrected chi connectivity index (χ3v) is 2.49. The molecule has 1 aromatic rings. The van der Waals surface area contributed by atoms with E-state index in [0.29, 0.717) is 12.3 Å². The quantitative estimate of drug-likeness (QED) is 0.527. The number of hydrogen-bond donors (Lipinski definition) is 1. The van der Waals surface area contributed by atoms with Gasteiger partial charge in [0.2, 0.25) is 0 Å². The molecule has 0 saturated heterocycles. The molecule has 0 saturated carbocycles. The molecule has 112 valence electrons.